The molecule has 40 heavy (non-hydrogen) atoms. The highest BCUT2D eigenvalue weighted by molar-refractivity contribution is 7.92. The van der Waals surface area contributed by atoms with Crippen molar-refractivity contribution in [3.05, 3.63) is 90.0 Å². The molecule has 3 aromatic rings. The van der Waals surface area contributed by atoms with E-state index in [2.05, 4.69) is 5.32 Å². The second kappa shape index (κ2) is 14.0. The number of methoxy groups -OCH3 is 1. The second-order valence-corrected chi connectivity index (χ2v) is 12.0. The Morgan fingerprint density at radius 1 is 0.925 bits per heavy atom. The summed E-state index contributed by atoms with van der Waals surface area (Å²) in [5.74, 6) is 0.0173. The predicted molar refractivity (Wildman–Crippen MR) is 158 cm³/mol. The van der Waals surface area contributed by atoms with Gasteiger partial charge in [-0.15, -0.1) is 0 Å². The molecule has 3 aromatic carbocycles. The molecule has 0 heterocycles. The van der Waals surface area contributed by atoms with Gasteiger partial charge in [0.15, 0.2) is 0 Å². The van der Waals surface area contributed by atoms with Crippen molar-refractivity contribution in [2.75, 3.05) is 24.5 Å². The number of hydrogen-bond acceptors (Lipinski definition) is 5. The van der Waals surface area contributed by atoms with Gasteiger partial charge >= 0.3 is 0 Å². The van der Waals surface area contributed by atoms with Gasteiger partial charge in [-0.05, 0) is 61.2 Å². The number of rotatable bonds is 13. The van der Waals surface area contributed by atoms with Crippen molar-refractivity contribution in [3.63, 3.8) is 0 Å². The molecule has 214 valence electrons. The van der Waals surface area contributed by atoms with Gasteiger partial charge in [-0.25, -0.2) is 8.42 Å². The summed E-state index contributed by atoms with van der Waals surface area (Å²) in [4.78, 5) is 28.8. The van der Waals surface area contributed by atoms with Crippen LogP contribution in [0.3, 0.4) is 0 Å². The quantitative estimate of drug-likeness (QED) is 0.322. The molecule has 0 aromatic heterocycles. The fraction of sp³-hybridized carbons (Fsp3) is 0.355. The number of ether oxygens (including phenoxy) is 1. The number of hydrogen-bond donors (Lipinski definition) is 1. The first-order valence-corrected chi connectivity index (χ1v) is 14.8. The van der Waals surface area contributed by atoms with Crippen molar-refractivity contribution in [2.45, 2.75) is 51.6 Å². The molecule has 1 atom stereocenters. The molecule has 9 heteroatoms. The normalized spacial score (nSPS) is 12.1. The van der Waals surface area contributed by atoms with Gasteiger partial charge in [-0.3, -0.25) is 13.9 Å². The highest BCUT2D eigenvalue weighted by Crippen LogP contribution is 2.26. The molecule has 8 nitrogen and oxygen atoms in total. The maximum Gasteiger partial charge on any atom is 0.264 e. The zero-order chi connectivity index (χ0) is 29.3. The zero-order valence-corrected chi connectivity index (χ0v) is 24.6. The lowest BCUT2D eigenvalue weighted by atomic mass is 10.1. The number of para-hydroxylation sites is 1. The number of amides is 2. The van der Waals surface area contributed by atoms with Gasteiger partial charge < -0.3 is 15.0 Å². The Morgan fingerprint density at radius 2 is 1.55 bits per heavy atom. The zero-order valence-electron chi connectivity index (χ0n) is 23.8. The van der Waals surface area contributed by atoms with Gasteiger partial charge in [0.1, 0.15) is 18.3 Å². The van der Waals surface area contributed by atoms with Crippen LogP contribution in [0.4, 0.5) is 5.69 Å². The topological polar surface area (TPSA) is 96.0 Å². The molecule has 0 aliphatic rings. The number of carbonyl (C=O) groups excluding carboxylic acids is 2. The number of benzene rings is 3. The summed E-state index contributed by atoms with van der Waals surface area (Å²) >= 11 is 0. The van der Waals surface area contributed by atoms with Crippen LogP contribution >= 0.6 is 0 Å². The third-order valence-corrected chi connectivity index (χ3v) is 8.30. The molecule has 0 fully saturated rings. The highest BCUT2D eigenvalue weighted by Gasteiger charge is 2.33. The summed E-state index contributed by atoms with van der Waals surface area (Å²) in [5.41, 5.74) is 2.27. The minimum atomic E-state index is -4.13. The maximum absolute atomic E-state index is 14.0. The van der Waals surface area contributed by atoms with Crippen LogP contribution in [0.25, 0.3) is 0 Å². The van der Waals surface area contributed by atoms with Gasteiger partial charge in [0, 0.05) is 13.1 Å². The van der Waals surface area contributed by atoms with Crippen LogP contribution < -0.4 is 14.4 Å². The average molecular weight is 566 g/mol. The second-order valence-electron chi connectivity index (χ2n) is 10.1. The van der Waals surface area contributed by atoms with Crippen LogP contribution in [0.1, 0.15) is 38.3 Å². The number of nitrogens with zero attached hydrogens (tertiary/aromatic N) is 2. The molecule has 3 rings (SSSR count). The van der Waals surface area contributed by atoms with Crippen LogP contribution in [-0.4, -0.2) is 51.4 Å². The molecule has 0 radical (unpaired) electrons. The minimum Gasteiger partial charge on any atom is -0.497 e. The molecule has 2 amide bonds. The highest BCUT2D eigenvalue weighted by atomic mass is 32.2. The summed E-state index contributed by atoms with van der Waals surface area (Å²) < 4.78 is 34.0. The van der Waals surface area contributed by atoms with E-state index >= 15 is 0 Å². The number of sulfonamides is 1. The molecule has 0 aliphatic carbocycles. The minimum absolute atomic E-state index is 0.0248. The molecule has 1 N–H and O–H groups in total. The van der Waals surface area contributed by atoms with Crippen LogP contribution in [0.15, 0.2) is 83.8 Å². The smallest absolute Gasteiger partial charge is 0.264 e. The van der Waals surface area contributed by atoms with E-state index in [0.29, 0.717) is 24.4 Å². The number of aryl methyl sites for hydroxylation is 1. The van der Waals surface area contributed by atoms with Crippen molar-refractivity contribution in [1.29, 1.82) is 0 Å². The van der Waals surface area contributed by atoms with Gasteiger partial charge in [-0.2, -0.15) is 0 Å². The number of nitrogens with one attached hydrogen (secondary N) is 1. The first-order chi connectivity index (χ1) is 19.1. The first kappa shape index (κ1) is 30.7. The third-order valence-electron chi connectivity index (χ3n) is 6.51. The van der Waals surface area contributed by atoms with Crippen molar-refractivity contribution >= 4 is 27.5 Å². The van der Waals surface area contributed by atoms with E-state index in [4.69, 9.17) is 4.74 Å². The van der Waals surface area contributed by atoms with Crippen LogP contribution in [0.5, 0.6) is 5.75 Å². The first-order valence-electron chi connectivity index (χ1n) is 13.4. The van der Waals surface area contributed by atoms with E-state index in [-0.39, 0.29) is 23.3 Å². The summed E-state index contributed by atoms with van der Waals surface area (Å²) in [6, 6.07) is 21.5. The number of carbonyl (C=O) groups is 2. The van der Waals surface area contributed by atoms with E-state index < -0.39 is 28.5 Å². The van der Waals surface area contributed by atoms with Gasteiger partial charge in [0.25, 0.3) is 10.0 Å². The van der Waals surface area contributed by atoms with E-state index in [1.807, 2.05) is 52.0 Å². The van der Waals surface area contributed by atoms with Crippen molar-refractivity contribution in [2.24, 2.45) is 5.92 Å². The fourth-order valence-electron chi connectivity index (χ4n) is 4.23. The molecular weight excluding hydrogens is 526 g/mol. The van der Waals surface area contributed by atoms with E-state index in [9.17, 15) is 18.0 Å². The largest absolute Gasteiger partial charge is 0.497 e. The predicted octanol–water partition coefficient (Wildman–Crippen LogP) is 4.78. The lowest BCUT2D eigenvalue weighted by Crippen LogP contribution is -2.52. The lowest BCUT2D eigenvalue weighted by Gasteiger charge is -2.33. The Kier molecular flexibility index (Phi) is 10.7. The summed E-state index contributed by atoms with van der Waals surface area (Å²) in [5, 5.41) is 2.94. The Hall–Kier alpha value is -3.85. The van der Waals surface area contributed by atoms with Gasteiger partial charge in [-0.1, -0.05) is 68.8 Å². The SMILES string of the molecule is CC[C@@H](C(=O)NCC(C)C)N(Cc1ccc(C)cc1)C(=O)CN(c1ccccc1)S(=O)(=O)c1ccc(OC)cc1. The molecule has 0 unspecified atom stereocenters. The molecule has 0 saturated heterocycles. The Balaban J connectivity index is 2.01. The van der Waals surface area contributed by atoms with Gasteiger partial charge in [0.05, 0.1) is 17.7 Å². The summed E-state index contributed by atoms with van der Waals surface area (Å²) in [7, 11) is -2.63. The van der Waals surface area contributed by atoms with Crippen molar-refractivity contribution < 1.29 is 22.7 Å². The van der Waals surface area contributed by atoms with E-state index in [1.54, 1.807) is 42.5 Å². The third kappa shape index (κ3) is 7.85. The van der Waals surface area contributed by atoms with Crippen LogP contribution in [0.2, 0.25) is 0 Å². The van der Waals surface area contributed by atoms with Crippen molar-refractivity contribution in [3.8, 4) is 5.75 Å². The molecule has 0 aliphatic heterocycles. The van der Waals surface area contributed by atoms with Crippen LogP contribution in [0, 0.1) is 12.8 Å². The maximum atomic E-state index is 14.0. The molecule has 0 spiro atoms. The number of anilines is 1. The Morgan fingerprint density at radius 3 is 2.10 bits per heavy atom. The lowest BCUT2D eigenvalue weighted by molar-refractivity contribution is -0.140. The molecule has 0 bridgehead atoms. The van der Waals surface area contributed by atoms with E-state index in [0.717, 1.165) is 15.4 Å². The average Bonchev–Trinajstić information content (AvgIpc) is 2.95. The molecular formula is C31H39N3O5S. The Bertz CT molecular complexity index is 1360. The fourth-order valence-corrected chi connectivity index (χ4v) is 5.64. The summed E-state index contributed by atoms with van der Waals surface area (Å²) in [6.45, 7) is 7.98. The monoisotopic (exact) mass is 565 g/mol. The molecule has 0 saturated carbocycles. The van der Waals surface area contributed by atoms with E-state index in [1.165, 1.54) is 24.1 Å². The standard InChI is InChI=1S/C31H39N3O5S/c1-6-29(31(36)32-20-23(2)3)33(21-25-14-12-24(4)13-15-25)30(35)22-34(26-10-8-7-9-11-26)40(37,38)28-18-16-27(39-5)17-19-28/h7-19,23,29H,6,20-22H2,1-5H3,(H,32,36)/t29-/m0/s1. The summed E-state index contributed by atoms with van der Waals surface area (Å²) in [6.07, 6.45) is 0.373. The Labute approximate surface area is 238 Å². The van der Waals surface area contributed by atoms with Crippen molar-refractivity contribution in [1.82, 2.24) is 10.2 Å². The van der Waals surface area contributed by atoms with Crippen LogP contribution in [-0.2, 0) is 26.2 Å². The van der Waals surface area contributed by atoms with Gasteiger partial charge in [0.2, 0.25) is 11.8 Å².